The van der Waals surface area contributed by atoms with Crippen molar-refractivity contribution in [3.05, 3.63) is 17.1 Å². The Morgan fingerprint density at radius 3 is 3.00 bits per heavy atom. The van der Waals surface area contributed by atoms with Crippen molar-refractivity contribution in [2.24, 2.45) is 5.92 Å². The zero-order valence-electron chi connectivity index (χ0n) is 8.61. The minimum atomic E-state index is 0.568. The third kappa shape index (κ3) is 2.09. The first kappa shape index (κ1) is 10.4. The molecule has 0 unspecified atom stereocenters. The average Bonchev–Trinajstić information content (AvgIpc) is 2.58. The Morgan fingerprint density at radius 2 is 2.27 bits per heavy atom. The molecule has 80 valence electrons. The Bertz CT molecular complexity index is 464. The van der Waals surface area contributed by atoms with Gasteiger partial charge in [0, 0.05) is 6.54 Å². The molecule has 0 spiro atoms. The van der Waals surface area contributed by atoms with Crippen LogP contribution in [-0.4, -0.2) is 26.1 Å². The largest absolute Gasteiger partial charge is 0.367 e. The topological polar surface area (TPSA) is 55.1 Å². The highest BCUT2D eigenvalue weighted by atomic mass is 79.9. The Morgan fingerprint density at radius 1 is 1.47 bits per heavy atom. The Balaban J connectivity index is 2.34. The highest BCUT2D eigenvalue weighted by Crippen LogP contribution is 2.16. The molecular weight excluding hydrogens is 258 g/mol. The highest BCUT2D eigenvalue weighted by molar-refractivity contribution is 9.10. The summed E-state index contributed by atoms with van der Waals surface area (Å²) in [7, 11) is 0. The second kappa shape index (κ2) is 4.14. The van der Waals surface area contributed by atoms with Crippen LogP contribution < -0.4 is 5.32 Å². The lowest BCUT2D eigenvalue weighted by atomic mass is 10.2. The van der Waals surface area contributed by atoms with E-state index in [0.717, 1.165) is 22.6 Å². The van der Waals surface area contributed by atoms with Crippen molar-refractivity contribution < 1.29 is 0 Å². The molecule has 15 heavy (non-hydrogen) atoms. The summed E-state index contributed by atoms with van der Waals surface area (Å²) in [5, 5.41) is 7.33. The van der Waals surface area contributed by atoms with E-state index in [1.165, 1.54) is 6.33 Å². The number of hydrogen-bond donors (Lipinski definition) is 1. The zero-order chi connectivity index (χ0) is 10.8. The van der Waals surface area contributed by atoms with Gasteiger partial charge in [-0.3, -0.25) is 0 Å². The number of halogens is 1. The maximum absolute atomic E-state index is 4.22. The Hall–Kier alpha value is -1.17. The van der Waals surface area contributed by atoms with Crippen LogP contribution in [0.5, 0.6) is 0 Å². The monoisotopic (exact) mass is 269 g/mol. The minimum Gasteiger partial charge on any atom is -0.367 e. The molecule has 0 amide bonds. The van der Waals surface area contributed by atoms with Gasteiger partial charge in [0.25, 0.3) is 0 Å². The lowest BCUT2D eigenvalue weighted by Gasteiger charge is -2.07. The van der Waals surface area contributed by atoms with Crippen molar-refractivity contribution in [2.75, 3.05) is 11.9 Å². The molecule has 0 aliphatic carbocycles. The molecule has 0 bridgehead atoms. The van der Waals surface area contributed by atoms with Crippen LogP contribution in [0.3, 0.4) is 0 Å². The number of nitrogens with zero attached hydrogens (tertiary/aromatic N) is 4. The molecule has 0 radical (unpaired) electrons. The van der Waals surface area contributed by atoms with Crippen molar-refractivity contribution in [1.29, 1.82) is 0 Å². The maximum Gasteiger partial charge on any atom is 0.197 e. The first-order chi connectivity index (χ1) is 7.18. The molecule has 2 aromatic rings. The van der Waals surface area contributed by atoms with Crippen molar-refractivity contribution in [1.82, 2.24) is 19.6 Å². The quantitative estimate of drug-likeness (QED) is 0.926. The van der Waals surface area contributed by atoms with Gasteiger partial charge in [-0.2, -0.15) is 5.10 Å². The van der Waals surface area contributed by atoms with E-state index in [-0.39, 0.29) is 0 Å². The average molecular weight is 270 g/mol. The summed E-state index contributed by atoms with van der Waals surface area (Å²) in [4.78, 5) is 8.39. The summed E-state index contributed by atoms with van der Waals surface area (Å²) in [6, 6.07) is 0. The van der Waals surface area contributed by atoms with Crippen LogP contribution in [0.15, 0.2) is 17.1 Å². The van der Waals surface area contributed by atoms with Crippen LogP contribution in [0.25, 0.3) is 5.65 Å². The molecule has 0 aliphatic rings. The molecule has 0 saturated carbocycles. The number of rotatable bonds is 3. The van der Waals surface area contributed by atoms with Crippen LogP contribution >= 0.6 is 15.9 Å². The van der Waals surface area contributed by atoms with Gasteiger partial charge in [-0.15, -0.1) is 0 Å². The Kier molecular flexibility index (Phi) is 2.86. The molecule has 0 saturated heterocycles. The number of aromatic nitrogens is 4. The van der Waals surface area contributed by atoms with Gasteiger partial charge >= 0.3 is 0 Å². The summed E-state index contributed by atoms with van der Waals surface area (Å²) in [5.74, 6) is 1.34. The van der Waals surface area contributed by atoms with E-state index in [9.17, 15) is 0 Å². The van der Waals surface area contributed by atoms with Crippen molar-refractivity contribution >= 4 is 27.4 Å². The normalized spacial score (nSPS) is 11.2. The first-order valence-electron chi connectivity index (χ1n) is 4.76. The summed E-state index contributed by atoms with van der Waals surface area (Å²) in [5.41, 5.74) is 0.741. The van der Waals surface area contributed by atoms with E-state index in [1.807, 2.05) is 0 Å². The third-order valence-corrected chi connectivity index (χ3v) is 2.48. The molecule has 2 aromatic heterocycles. The van der Waals surface area contributed by atoms with E-state index in [0.29, 0.717) is 5.92 Å². The summed E-state index contributed by atoms with van der Waals surface area (Å²) >= 11 is 3.36. The molecule has 5 nitrogen and oxygen atoms in total. The number of anilines is 1. The number of hydrogen-bond acceptors (Lipinski definition) is 4. The van der Waals surface area contributed by atoms with Gasteiger partial charge in [-0.05, 0) is 21.8 Å². The molecule has 1 N–H and O–H groups in total. The standard InChI is InChI=1S/C9H12BrN5/c1-6(2)3-11-8-9-12-4-7(10)15(9)14-5-13-8/h4-6H,3H2,1-2H3,(H,11,13,14). The molecule has 0 atom stereocenters. The fourth-order valence-electron chi connectivity index (χ4n) is 1.21. The predicted octanol–water partition coefficient (Wildman–Crippen LogP) is 1.95. The second-order valence-corrected chi connectivity index (χ2v) is 4.51. The number of fused-ring (bicyclic) bond motifs is 1. The van der Waals surface area contributed by atoms with E-state index in [4.69, 9.17) is 0 Å². The predicted molar refractivity (Wildman–Crippen MR) is 61.8 cm³/mol. The van der Waals surface area contributed by atoms with Gasteiger partial charge in [0.2, 0.25) is 0 Å². The van der Waals surface area contributed by atoms with Crippen LogP contribution in [-0.2, 0) is 0 Å². The van der Waals surface area contributed by atoms with Gasteiger partial charge in [-0.25, -0.2) is 14.5 Å². The maximum atomic E-state index is 4.22. The fourth-order valence-corrected chi connectivity index (χ4v) is 1.58. The van der Waals surface area contributed by atoms with E-state index >= 15 is 0 Å². The van der Waals surface area contributed by atoms with Gasteiger partial charge in [-0.1, -0.05) is 13.8 Å². The highest BCUT2D eigenvalue weighted by Gasteiger charge is 2.07. The third-order valence-electron chi connectivity index (χ3n) is 1.94. The number of nitrogens with one attached hydrogen (secondary N) is 1. The SMILES string of the molecule is CC(C)CNc1ncnn2c(Br)cnc12. The summed E-state index contributed by atoms with van der Waals surface area (Å²) in [6.07, 6.45) is 3.23. The summed E-state index contributed by atoms with van der Waals surface area (Å²) < 4.78 is 2.53. The van der Waals surface area contributed by atoms with E-state index < -0.39 is 0 Å². The Labute approximate surface area is 96.1 Å². The first-order valence-corrected chi connectivity index (χ1v) is 5.56. The zero-order valence-corrected chi connectivity index (χ0v) is 10.2. The van der Waals surface area contributed by atoms with Crippen molar-refractivity contribution in [2.45, 2.75) is 13.8 Å². The van der Waals surface area contributed by atoms with E-state index in [1.54, 1.807) is 10.7 Å². The number of imidazole rings is 1. The van der Waals surface area contributed by atoms with Gasteiger partial charge in [0.1, 0.15) is 10.9 Å². The summed E-state index contributed by atoms with van der Waals surface area (Å²) in [6.45, 7) is 5.16. The molecule has 0 aromatic carbocycles. The van der Waals surface area contributed by atoms with Crippen LogP contribution in [0.1, 0.15) is 13.8 Å². The van der Waals surface area contributed by atoms with Crippen molar-refractivity contribution in [3.63, 3.8) is 0 Å². The molecular formula is C9H12BrN5. The van der Waals surface area contributed by atoms with Crippen LogP contribution in [0.2, 0.25) is 0 Å². The van der Waals surface area contributed by atoms with Gasteiger partial charge < -0.3 is 5.32 Å². The molecule has 2 heterocycles. The lowest BCUT2D eigenvalue weighted by Crippen LogP contribution is -2.11. The van der Waals surface area contributed by atoms with Crippen molar-refractivity contribution in [3.8, 4) is 0 Å². The minimum absolute atomic E-state index is 0.568. The molecule has 6 heteroatoms. The van der Waals surface area contributed by atoms with Gasteiger partial charge in [0.15, 0.2) is 11.5 Å². The molecule has 0 aliphatic heterocycles. The van der Waals surface area contributed by atoms with Gasteiger partial charge in [0.05, 0.1) is 6.20 Å². The smallest absolute Gasteiger partial charge is 0.197 e. The molecule has 0 fully saturated rings. The van der Waals surface area contributed by atoms with Crippen LogP contribution in [0.4, 0.5) is 5.82 Å². The fraction of sp³-hybridized carbons (Fsp3) is 0.444. The molecule has 2 rings (SSSR count). The van der Waals surface area contributed by atoms with Crippen LogP contribution in [0, 0.1) is 5.92 Å². The van der Waals surface area contributed by atoms with E-state index in [2.05, 4.69) is 50.2 Å². The second-order valence-electron chi connectivity index (χ2n) is 3.70. The lowest BCUT2D eigenvalue weighted by molar-refractivity contribution is 0.686.